The second-order valence-electron chi connectivity index (χ2n) is 5.33. The van der Waals surface area contributed by atoms with Gasteiger partial charge in [0.1, 0.15) is 5.82 Å². The van der Waals surface area contributed by atoms with Gasteiger partial charge in [-0.05, 0) is 47.3 Å². The van der Waals surface area contributed by atoms with Crippen molar-refractivity contribution in [3.8, 4) is 0 Å². The molecule has 2 atom stereocenters. The molecule has 0 aromatic heterocycles. The number of sulfonamides is 1. The minimum absolute atomic E-state index is 0.00829. The Labute approximate surface area is 131 Å². The monoisotopic (exact) mass is 378 g/mol. The highest BCUT2D eigenvalue weighted by Gasteiger charge is 2.42. The van der Waals surface area contributed by atoms with E-state index in [0.29, 0.717) is 13.2 Å². The van der Waals surface area contributed by atoms with Gasteiger partial charge >= 0.3 is 0 Å². The van der Waals surface area contributed by atoms with Crippen LogP contribution in [0.25, 0.3) is 0 Å². The summed E-state index contributed by atoms with van der Waals surface area (Å²) >= 11 is 3.12. The number of anilines is 1. The molecule has 8 heteroatoms. The van der Waals surface area contributed by atoms with Gasteiger partial charge in [-0.15, -0.1) is 0 Å². The van der Waals surface area contributed by atoms with Crippen LogP contribution in [0.15, 0.2) is 21.5 Å². The zero-order valence-electron chi connectivity index (χ0n) is 11.3. The van der Waals surface area contributed by atoms with Gasteiger partial charge in [0.15, 0.2) is 0 Å². The summed E-state index contributed by atoms with van der Waals surface area (Å²) in [4.78, 5) is 0.00829. The third kappa shape index (κ3) is 2.58. The molecule has 1 aromatic carbocycles. The molecule has 2 N–H and O–H groups in total. The van der Waals surface area contributed by atoms with Crippen molar-refractivity contribution in [2.75, 3.05) is 18.9 Å². The third-order valence-corrected chi connectivity index (χ3v) is 6.95. The molecule has 1 heterocycles. The zero-order valence-corrected chi connectivity index (χ0v) is 13.7. The lowest BCUT2D eigenvalue weighted by molar-refractivity contribution is -0.0241. The minimum Gasteiger partial charge on any atom is -0.396 e. The quantitative estimate of drug-likeness (QED) is 0.799. The van der Waals surface area contributed by atoms with Crippen LogP contribution < -0.4 is 5.73 Å². The van der Waals surface area contributed by atoms with Gasteiger partial charge in [0.25, 0.3) is 0 Å². The number of morpholine rings is 1. The van der Waals surface area contributed by atoms with Gasteiger partial charge in [-0.2, -0.15) is 4.31 Å². The molecule has 116 valence electrons. The van der Waals surface area contributed by atoms with E-state index >= 15 is 0 Å². The second kappa shape index (κ2) is 5.49. The number of nitrogens with zero attached hydrogens (tertiary/aromatic N) is 1. The van der Waals surface area contributed by atoms with E-state index in [4.69, 9.17) is 10.5 Å². The van der Waals surface area contributed by atoms with Crippen LogP contribution in [-0.4, -0.2) is 38.0 Å². The summed E-state index contributed by atoms with van der Waals surface area (Å²) in [6, 6.07) is 2.13. The maximum absolute atomic E-state index is 13.4. The zero-order chi connectivity index (χ0) is 15.2. The summed E-state index contributed by atoms with van der Waals surface area (Å²) in [5.74, 6) is -0.637. The Morgan fingerprint density at radius 3 is 2.90 bits per heavy atom. The van der Waals surface area contributed by atoms with E-state index in [-0.39, 0.29) is 27.2 Å². The first kappa shape index (κ1) is 15.2. The van der Waals surface area contributed by atoms with Gasteiger partial charge in [0.2, 0.25) is 10.0 Å². The Morgan fingerprint density at radius 2 is 2.14 bits per heavy atom. The molecule has 2 unspecified atom stereocenters. The number of hydrogen-bond acceptors (Lipinski definition) is 4. The van der Waals surface area contributed by atoms with E-state index in [1.54, 1.807) is 0 Å². The van der Waals surface area contributed by atoms with E-state index < -0.39 is 15.8 Å². The predicted octanol–water partition coefficient (Wildman–Crippen LogP) is 2.11. The molecular weight excluding hydrogens is 363 g/mol. The molecule has 0 bridgehead atoms. The molecule has 2 aliphatic rings. The molecule has 0 spiro atoms. The summed E-state index contributed by atoms with van der Waals surface area (Å²) < 4.78 is 46.5. The standard InChI is InChI=1S/C13H16BrFN2O3S/c14-8-6-9(15)10(16)7-13(8)21(18,19)17-4-5-20-12-3-1-2-11(12)17/h6-7,11-12H,1-5,16H2. The minimum atomic E-state index is -3.73. The van der Waals surface area contributed by atoms with Crippen LogP contribution in [0, 0.1) is 5.82 Å². The highest BCUT2D eigenvalue weighted by molar-refractivity contribution is 9.10. The highest BCUT2D eigenvalue weighted by Crippen LogP contribution is 2.36. The fourth-order valence-electron chi connectivity index (χ4n) is 3.06. The number of nitrogens with two attached hydrogens (primary N) is 1. The Morgan fingerprint density at radius 1 is 1.38 bits per heavy atom. The number of benzene rings is 1. The second-order valence-corrected chi connectivity index (χ2v) is 8.04. The summed E-state index contributed by atoms with van der Waals surface area (Å²) in [5, 5.41) is 0. The van der Waals surface area contributed by atoms with Gasteiger partial charge in [-0.3, -0.25) is 0 Å². The molecule has 5 nitrogen and oxygen atoms in total. The lowest BCUT2D eigenvalue weighted by Crippen LogP contribution is -2.51. The lowest BCUT2D eigenvalue weighted by atomic mass is 10.2. The number of hydrogen-bond donors (Lipinski definition) is 1. The summed E-state index contributed by atoms with van der Waals surface area (Å²) in [6.07, 6.45) is 2.58. The maximum Gasteiger partial charge on any atom is 0.244 e. The molecular formula is C13H16BrFN2O3S. The number of halogens is 2. The molecule has 1 aliphatic heterocycles. The van der Waals surface area contributed by atoms with E-state index in [1.165, 1.54) is 10.4 Å². The van der Waals surface area contributed by atoms with Gasteiger partial charge in [-0.25, -0.2) is 12.8 Å². The van der Waals surface area contributed by atoms with Gasteiger partial charge in [0.05, 0.1) is 29.3 Å². The van der Waals surface area contributed by atoms with Crippen molar-refractivity contribution in [2.45, 2.75) is 36.3 Å². The maximum atomic E-state index is 13.4. The van der Waals surface area contributed by atoms with E-state index in [1.807, 2.05) is 0 Å². The van der Waals surface area contributed by atoms with Gasteiger partial charge in [-0.1, -0.05) is 0 Å². The van der Waals surface area contributed by atoms with E-state index in [0.717, 1.165) is 25.3 Å². The molecule has 21 heavy (non-hydrogen) atoms. The lowest BCUT2D eigenvalue weighted by Gasteiger charge is -2.36. The van der Waals surface area contributed by atoms with Crippen molar-refractivity contribution in [2.24, 2.45) is 0 Å². The Bertz CT molecular complexity index is 668. The fourth-order valence-corrected chi connectivity index (χ4v) is 5.73. The largest absolute Gasteiger partial charge is 0.396 e. The molecule has 2 fully saturated rings. The molecule has 0 radical (unpaired) electrons. The first-order valence-electron chi connectivity index (χ1n) is 6.79. The average Bonchev–Trinajstić information content (AvgIpc) is 2.90. The topological polar surface area (TPSA) is 72.6 Å². The van der Waals surface area contributed by atoms with Crippen LogP contribution in [0.1, 0.15) is 19.3 Å². The summed E-state index contributed by atoms with van der Waals surface area (Å²) in [7, 11) is -3.73. The Kier molecular flexibility index (Phi) is 3.98. The normalized spacial score (nSPS) is 26.8. The van der Waals surface area contributed by atoms with Crippen molar-refractivity contribution >= 4 is 31.6 Å². The molecule has 0 amide bonds. The van der Waals surface area contributed by atoms with E-state index in [2.05, 4.69) is 15.9 Å². The number of rotatable bonds is 2. The van der Waals surface area contributed by atoms with Gasteiger partial charge in [0, 0.05) is 11.0 Å². The SMILES string of the molecule is Nc1cc(S(=O)(=O)N2CCOC3CCCC32)c(Br)cc1F. The average molecular weight is 379 g/mol. The highest BCUT2D eigenvalue weighted by atomic mass is 79.9. The Balaban J connectivity index is 2.02. The summed E-state index contributed by atoms with van der Waals surface area (Å²) in [5.41, 5.74) is 5.35. The van der Waals surface area contributed by atoms with Crippen LogP contribution in [0.3, 0.4) is 0 Å². The first-order valence-corrected chi connectivity index (χ1v) is 9.02. The molecule has 1 aliphatic carbocycles. The van der Waals surface area contributed by atoms with Crippen LogP contribution >= 0.6 is 15.9 Å². The van der Waals surface area contributed by atoms with Crippen molar-refractivity contribution in [3.63, 3.8) is 0 Å². The predicted molar refractivity (Wildman–Crippen MR) is 79.8 cm³/mol. The first-order chi connectivity index (χ1) is 9.91. The van der Waals surface area contributed by atoms with E-state index in [9.17, 15) is 12.8 Å². The summed E-state index contributed by atoms with van der Waals surface area (Å²) in [6.45, 7) is 0.696. The number of ether oxygens (including phenoxy) is 1. The molecule has 1 aromatic rings. The van der Waals surface area contributed by atoms with Crippen molar-refractivity contribution in [3.05, 3.63) is 22.4 Å². The van der Waals surface area contributed by atoms with Crippen LogP contribution in [0.5, 0.6) is 0 Å². The fraction of sp³-hybridized carbons (Fsp3) is 0.538. The number of nitrogen functional groups attached to an aromatic ring is 1. The third-order valence-electron chi connectivity index (χ3n) is 4.07. The van der Waals surface area contributed by atoms with Crippen LogP contribution in [0.2, 0.25) is 0 Å². The Hall–Kier alpha value is -0.700. The number of fused-ring (bicyclic) bond motifs is 1. The van der Waals surface area contributed by atoms with Gasteiger partial charge < -0.3 is 10.5 Å². The van der Waals surface area contributed by atoms with Crippen molar-refractivity contribution in [1.82, 2.24) is 4.31 Å². The van der Waals surface area contributed by atoms with Crippen molar-refractivity contribution < 1.29 is 17.5 Å². The van der Waals surface area contributed by atoms with Crippen LogP contribution in [0.4, 0.5) is 10.1 Å². The molecule has 1 saturated carbocycles. The van der Waals surface area contributed by atoms with Crippen LogP contribution in [-0.2, 0) is 14.8 Å². The molecule has 1 saturated heterocycles. The molecule has 3 rings (SSSR count). The van der Waals surface area contributed by atoms with Crippen molar-refractivity contribution in [1.29, 1.82) is 0 Å². The smallest absolute Gasteiger partial charge is 0.244 e.